The number of benzene rings is 1. The smallest absolute Gasteiger partial charge is 0.409 e. The molecule has 116 valence electrons. The number of hydrogen-bond donors (Lipinski definition) is 1. The number of ether oxygens (including phenoxy) is 1. The summed E-state index contributed by atoms with van der Waals surface area (Å²) in [5, 5.41) is 0. The Kier molecular flexibility index (Phi) is 5.44. The second kappa shape index (κ2) is 7.31. The summed E-state index contributed by atoms with van der Waals surface area (Å²) in [5.41, 5.74) is 7.81. The second-order valence-electron chi connectivity index (χ2n) is 5.52. The number of carbonyl (C=O) groups is 1. The van der Waals surface area contributed by atoms with Crippen LogP contribution < -0.4 is 5.73 Å². The number of nitrogen functional groups attached to an aromatic ring is 1. The summed E-state index contributed by atoms with van der Waals surface area (Å²) in [6.45, 7) is 7.78. The third kappa shape index (κ3) is 4.36. The van der Waals surface area contributed by atoms with Crippen molar-refractivity contribution in [1.82, 2.24) is 9.80 Å². The molecule has 1 aromatic carbocycles. The Morgan fingerprint density at radius 1 is 1.24 bits per heavy atom. The van der Waals surface area contributed by atoms with Crippen LogP contribution in [0.15, 0.2) is 24.3 Å². The molecule has 1 saturated heterocycles. The second-order valence-corrected chi connectivity index (χ2v) is 5.52. The Morgan fingerprint density at radius 2 is 1.86 bits per heavy atom. The standard InChI is InChI=1S/C16H25N3O2/c1-3-21-16(20)19-10-8-18(9-11-19)13(2)12-14-4-6-15(17)7-5-14/h4-7,13H,3,8-12,17H2,1-2H3. The maximum absolute atomic E-state index is 11.7. The third-order valence-electron chi connectivity index (χ3n) is 3.97. The van der Waals surface area contributed by atoms with Gasteiger partial charge in [0.05, 0.1) is 6.61 Å². The SMILES string of the molecule is CCOC(=O)N1CCN(C(C)Cc2ccc(N)cc2)CC1. The van der Waals surface area contributed by atoms with Gasteiger partial charge in [0.15, 0.2) is 0 Å². The van der Waals surface area contributed by atoms with Crippen molar-refractivity contribution >= 4 is 11.8 Å². The van der Waals surface area contributed by atoms with Crippen molar-refractivity contribution in [3.05, 3.63) is 29.8 Å². The molecule has 0 aliphatic carbocycles. The van der Waals surface area contributed by atoms with E-state index in [0.717, 1.165) is 38.3 Å². The number of hydrogen-bond acceptors (Lipinski definition) is 4. The highest BCUT2D eigenvalue weighted by Crippen LogP contribution is 2.13. The largest absolute Gasteiger partial charge is 0.450 e. The lowest BCUT2D eigenvalue weighted by Crippen LogP contribution is -2.51. The molecule has 5 heteroatoms. The molecule has 1 atom stereocenters. The molecule has 0 bridgehead atoms. The zero-order valence-corrected chi connectivity index (χ0v) is 12.9. The molecule has 1 heterocycles. The lowest BCUT2D eigenvalue weighted by atomic mass is 10.0. The van der Waals surface area contributed by atoms with Crippen molar-refractivity contribution in [3.8, 4) is 0 Å². The number of nitrogens with two attached hydrogens (primary N) is 1. The van der Waals surface area contributed by atoms with Gasteiger partial charge in [0, 0.05) is 37.9 Å². The maximum atomic E-state index is 11.7. The molecule has 1 amide bonds. The van der Waals surface area contributed by atoms with E-state index in [0.29, 0.717) is 12.6 Å². The van der Waals surface area contributed by atoms with Crippen molar-refractivity contribution in [3.63, 3.8) is 0 Å². The van der Waals surface area contributed by atoms with E-state index in [1.54, 1.807) is 4.90 Å². The van der Waals surface area contributed by atoms with Crippen molar-refractivity contribution < 1.29 is 9.53 Å². The maximum Gasteiger partial charge on any atom is 0.409 e. The number of amides is 1. The highest BCUT2D eigenvalue weighted by molar-refractivity contribution is 5.67. The zero-order chi connectivity index (χ0) is 15.2. The van der Waals surface area contributed by atoms with Gasteiger partial charge in [-0.2, -0.15) is 0 Å². The van der Waals surface area contributed by atoms with Gasteiger partial charge in [-0.15, -0.1) is 0 Å². The van der Waals surface area contributed by atoms with Crippen molar-refractivity contribution in [1.29, 1.82) is 0 Å². The number of nitrogens with zero attached hydrogens (tertiary/aromatic N) is 2. The molecule has 1 unspecified atom stereocenters. The van der Waals surface area contributed by atoms with Crippen LogP contribution in [0.3, 0.4) is 0 Å². The molecule has 1 aliphatic rings. The minimum absolute atomic E-state index is 0.191. The van der Waals surface area contributed by atoms with Crippen LogP contribution in [0.5, 0.6) is 0 Å². The van der Waals surface area contributed by atoms with Gasteiger partial charge in [-0.1, -0.05) is 12.1 Å². The number of piperazine rings is 1. The Balaban J connectivity index is 1.81. The minimum atomic E-state index is -0.191. The van der Waals surface area contributed by atoms with Crippen molar-refractivity contribution in [2.75, 3.05) is 38.5 Å². The first-order chi connectivity index (χ1) is 10.1. The molecule has 2 rings (SSSR count). The molecule has 0 aromatic heterocycles. The Labute approximate surface area is 126 Å². The Bertz CT molecular complexity index is 453. The molecule has 5 nitrogen and oxygen atoms in total. The van der Waals surface area contributed by atoms with E-state index in [-0.39, 0.29) is 6.09 Å². The molecule has 1 fully saturated rings. The quantitative estimate of drug-likeness (QED) is 0.862. The predicted octanol–water partition coefficient (Wildman–Crippen LogP) is 1.97. The van der Waals surface area contributed by atoms with Gasteiger partial charge in [0.1, 0.15) is 0 Å². The van der Waals surface area contributed by atoms with Gasteiger partial charge >= 0.3 is 6.09 Å². The Hall–Kier alpha value is -1.75. The Morgan fingerprint density at radius 3 is 2.43 bits per heavy atom. The summed E-state index contributed by atoms with van der Waals surface area (Å²) < 4.78 is 5.04. The first-order valence-electron chi connectivity index (χ1n) is 7.60. The number of anilines is 1. The van der Waals surface area contributed by atoms with E-state index < -0.39 is 0 Å². The highest BCUT2D eigenvalue weighted by atomic mass is 16.6. The molecule has 0 radical (unpaired) electrons. The van der Waals surface area contributed by atoms with Gasteiger partial charge in [0.2, 0.25) is 0 Å². The van der Waals surface area contributed by atoms with Gasteiger partial charge in [-0.3, -0.25) is 4.90 Å². The fraction of sp³-hybridized carbons (Fsp3) is 0.562. The summed E-state index contributed by atoms with van der Waals surface area (Å²) in [7, 11) is 0. The summed E-state index contributed by atoms with van der Waals surface area (Å²) in [4.78, 5) is 15.9. The molecule has 0 spiro atoms. The summed E-state index contributed by atoms with van der Waals surface area (Å²) >= 11 is 0. The normalized spacial score (nSPS) is 17.5. The van der Waals surface area contributed by atoms with Crippen LogP contribution in [0.1, 0.15) is 19.4 Å². The van der Waals surface area contributed by atoms with E-state index in [1.165, 1.54) is 5.56 Å². The number of rotatable bonds is 4. The van der Waals surface area contributed by atoms with Gasteiger partial charge in [-0.25, -0.2) is 4.79 Å². The lowest BCUT2D eigenvalue weighted by molar-refractivity contribution is 0.0687. The van der Waals surface area contributed by atoms with Crippen LogP contribution in [-0.2, 0) is 11.2 Å². The third-order valence-corrected chi connectivity index (χ3v) is 3.97. The van der Waals surface area contributed by atoms with E-state index >= 15 is 0 Å². The molecule has 1 aromatic rings. The highest BCUT2D eigenvalue weighted by Gasteiger charge is 2.24. The zero-order valence-electron chi connectivity index (χ0n) is 12.9. The van der Waals surface area contributed by atoms with Crippen LogP contribution >= 0.6 is 0 Å². The van der Waals surface area contributed by atoms with Crippen LogP contribution in [-0.4, -0.2) is 54.7 Å². The summed E-state index contributed by atoms with van der Waals surface area (Å²) in [6, 6.07) is 8.51. The van der Waals surface area contributed by atoms with Crippen LogP contribution in [0.4, 0.5) is 10.5 Å². The summed E-state index contributed by atoms with van der Waals surface area (Å²) in [5.74, 6) is 0. The van der Waals surface area contributed by atoms with Gasteiger partial charge in [-0.05, 0) is 38.0 Å². The molecule has 21 heavy (non-hydrogen) atoms. The number of carbonyl (C=O) groups excluding carboxylic acids is 1. The van der Waals surface area contributed by atoms with Gasteiger partial charge < -0.3 is 15.4 Å². The monoisotopic (exact) mass is 291 g/mol. The summed E-state index contributed by atoms with van der Waals surface area (Å²) in [6.07, 6.45) is 0.808. The molecular formula is C16H25N3O2. The molecular weight excluding hydrogens is 266 g/mol. The van der Waals surface area contributed by atoms with E-state index in [1.807, 2.05) is 19.1 Å². The minimum Gasteiger partial charge on any atom is -0.450 e. The van der Waals surface area contributed by atoms with E-state index in [4.69, 9.17) is 10.5 Å². The fourth-order valence-corrected chi connectivity index (χ4v) is 2.68. The lowest BCUT2D eigenvalue weighted by Gasteiger charge is -2.37. The topological polar surface area (TPSA) is 58.8 Å². The molecule has 1 aliphatic heterocycles. The van der Waals surface area contributed by atoms with Gasteiger partial charge in [0.25, 0.3) is 0 Å². The molecule has 0 saturated carbocycles. The van der Waals surface area contributed by atoms with Crippen LogP contribution in [0.25, 0.3) is 0 Å². The van der Waals surface area contributed by atoms with E-state index in [2.05, 4.69) is 24.0 Å². The van der Waals surface area contributed by atoms with Crippen molar-refractivity contribution in [2.24, 2.45) is 0 Å². The fourth-order valence-electron chi connectivity index (χ4n) is 2.68. The first kappa shape index (κ1) is 15.6. The van der Waals surface area contributed by atoms with Crippen molar-refractivity contribution in [2.45, 2.75) is 26.3 Å². The van der Waals surface area contributed by atoms with Crippen LogP contribution in [0, 0.1) is 0 Å². The average molecular weight is 291 g/mol. The van der Waals surface area contributed by atoms with Crippen LogP contribution in [0.2, 0.25) is 0 Å². The first-order valence-corrected chi connectivity index (χ1v) is 7.60. The predicted molar refractivity (Wildman–Crippen MR) is 84.2 cm³/mol. The van der Waals surface area contributed by atoms with E-state index in [9.17, 15) is 4.79 Å². The average Bonchev–Trinajstić information content (AvgIpc) is 2.50. The molecule has 2 N–H and O–H groups in total.